The van der Waals surface area contributed by atoms with Crippen molar-refractivity contribution in [2.24, 2.45) is 0 Å². The van der Waals surface area contributed by atoms with Crippen LogP contribution < -0.4 is 4.90 Å². The van der Waals surface area contributed by atoms with Crippen molar-refractivity contribution in [2.45, 2.75) is 142 Å². The lowest BCUT2D eigenvalue weighted by Crippen LogP contribution is -2.25. The standard InChI is InChI=1S/C88H86N2/c1-7-9-11-13-15-21-53-88(54-22-16-14-12-10-8-2)83-55-62(4)35-49-77(83)78-51-40-69(60-84(78)88)64-38-47-73(48-39-64)89(71-43-33-61(3)34-44-71)72-45-36-63(37-46-72)68-42-52-86-80(58-68)79-30-18-20-32-85(79)90(86)74-28-24-27-67(57-74)65-25-23-26-66(56-65)70-41-50-76-75-29-17-19-31-81(75)87(5,6)82(76)59-70/h17-20,23-52,55-60H,7-16,21-22,53-54H2,1-6H3. The van der Waals surface area contributed by atoms with Crippen LogP contribution in [0.1, 0.15) is 151 Å². The molecule has 0 saturated carbocycles. The van der Waals surface area contributed by atoms with Crippen LogP contribution in [0.3, 0.4) is 0 Å². The number of unbranched alkanes of at least 4 members (excludes halogenated alkanes) is 10. The molecular formula is C88H86N2. The van der Waals surface area contributed by atoms with Crippen LogP contribution in [0.4, 0.5) is 17.1 Å². The topological polar surface area (TPSA) is 8.17 Å². The zero-order chi connectivity index (χ0) is 61.3. The van der Waals surface area contributed by atoms with Crippen LogP contribution >= 0.6 is 0 Å². The van der Waals surface area contributed by atoms with Gasteiger partial charge < -0.3 is 9.47 Å². The van der Waals surface area contributed by atoms with Crippen molar-refractivity contribution in [1.82, 2.24) is 4.57 Å². The van der Waals surface area contributed by atoms with E-state index in [0.29, 0.717) is 0 Å². The zero-order valence-corrected chi connectivity index (χ0v) is 53.9. The maximum Gasteiger partial charge on any atom is 0.0541 e. The molecule has 2 nitrogen and oxygen atoms in total. The Balaban J connectivity index is 0.749. The smallest absolute Gasteiger partial charge is 0.0541 e. The molecular weight excluding hydrogens is 1080 g/mol. The summed E-state index contributed by atoms with van der Waals surface area (Å²) in [6.07, 6.45) is 18.3. The van der Waals surface area contributed by atoms with Crippen molar-refractivity contribution in [3.05, 3.63) is 276 Å². The van der Waals surface area contributed by atoms with Crippen LogP contribution in [0, 0.1) is 13.8 Å². The molecule has 0 radical (unpaired) electrons. The normalized spacial score (nSPS) is 13.4. The first-order valence-corrected chi connectivity index (χ1v) is 33.9. The van der Waals surface area contributed by atoms with Crippen molar-refractivity contribution in [2.75, 3.05) is 4.90 Å². The second-order valence-corrected chi connectivity index (χ2v) is 26.8. The molecule has 0 bridgehead atoms. The third kappa shape index (κ3) is 11.0. The number of aromatic nitrogens is 1. The SMILES string of the molecule is CCCCCCCCC1(CCCCCCCC)c2cc(C)ccc2-c2ccc(-c3ccc(N(c4ccc(C)cc4)c4ccc(-c5ccc6c(c5)c5ccccc5n6-c5cccc(-c6cccc(-c7ccc8c(c7)C(C)(C)c7ccccc7-8)c6)c5)cc4)cc3)cc21. The molecule has 1 heterocycles. The Morgan fingerprint density at radius 3 is 1.41 bits per heavy atom. The number of hydrogen-bond acceptors (Lipinski definition) is 1. The van der Waals surface area contributed by atoms with Gasteiger partial charge in [0.2, 0.25) is 0 Å². The molecule has 0 N–H and O–H groups in total. The maximum atomic E-state index is 2.60. The van der Waals surface area contributed by atoms with Gasteiger partial charge in [0.05, 0.1) is 11.0 Å². The van der Waals surface area contributed by atoms with Gasteiger partial charge in [-0.15, -0.1) is 0 Å². The van der Waals surface area contributed by atoms with E-state index in [4.69, 9.17) is 0 Å². The van der Waals surface area contributed by atoms with E-state index in [1.807, 2.05) is 0 Å². The lowest BCUT2D eigenvalue weighted by Gasteiger charge is -2.33. The van der Waals surface area contributed by atoms with Crippen LogP contribution in [-0.2, 0) is 10.8 Å². The quantitative estimate of drug-likeness (QED) is 0.0614. The van der Waals surface area contributed by atoms with Gasteiger partial charge in [-0.1, -0.05) is 274 Å². The highest BCUT2D eigenvalue weighted by Crippen LogP contribution is 2.56. The summed E-state index contributed by atoms with van der Waals surface area (Å²) in [7, 11) is 0. The fraction of sp³-hybridized carbons (Fsp3) is 0.250. The number of rotatable bonds is 22. The first-order valence-electron chi connectivity index (χ1n) is 33.9. The molecule has 14 rings (SSSR count). The van der Waals surface area contributed by atoms with Gasteiger partial charge in [0.15, 0.2) is 0 Å². The van der Waals surface area contributed by atoms with Gasteiger partial charge in [0.1, 0.15) is 0 Å². The van der Waals surface area contributed by atoms with E-state index in [1.165, 1.54) is 201 Å². The van der Waals surface area contributed by atoms with E-state index >= 15 is 0 Å². The maximum absolute atomic E-state index is 2.60. The highest BCUT2D eigenvalue weighted by Gasteiger charge is 2.43. The minimum atomic E-state index is -0.0474. The zero-order valence-electron chi connectivity index (χ0n) is 53.9. The lowest BCUT2D eigenvalue weighted by atomic mass is 9.70. The number of fused-ring (bicyclic) bond motifs is 9. The number of anilines is 3. The lowest BCUT2D eigenvalue weighted by molar-refractivity contribution is 0.398. The average Bonchev–Trinajstić information content (AvgIpc) is 1.61. The first kappa shape index (κ1) is 58.7. The van der Waals surface area contributed by atoms with Gasteiger partial charge in [-0.2, -0.15) is 0 Å². The van der Waals surface area contributed by atoms with Gasteiger partial charge in [-0.3, -0.25) is 0 Å². The van der Waals surface area contributed by atoms with Crippen molar-refractivity contribution < 1.29 is 0 Å². The molecule has 2 aliphatic carbocycles. The molecule has 2 aliphatic rings. The molecule has 0 aliphatic heterocycles. The van der Waals surface area contributed by atoms with E-state index in [9.17, 15) is 0 Å². The summed E-state index contributed by atoms with van der Waals surface area (Å²) in [4.78, 5) is 2.41. The highest BCUT2D eigenvalue weighted by molar-refractivity contribution is 6.10. The molecule has 11 aromatic carbocycles. The number of benzene rings is 11. The molecule has 90 heavy (non-hydrogen) atoms. The average molecular weight is 1170 g/mol. The predicted molar refractivity (Wildman–Crippen MR) is 386 cm³/mol. The van der Waals surface area contributed by atoms with Crippen molar-refractivity contribution in [3.8, 4) is 72.4 Å². The fourth-order valence-corrected chi connectivity index (χ4v) is 15.6. The monoisotopic (exact) mass is 1170 g/mol. The highest BCUT2D eigenvalue weighted by atomic mass is 15.1. The van der Waals surface area contributed by atoms with Crippen molar-refractivity contribution >= 4 is 38.9 Å². The number of aryl methyl sites for hydroxylation is 2. The van der Waals surface area contributed by atoms with Gasteiger partial charge in [-0.05, 0) is 201 Å². The number of nitrogens with zero attached hydrogens (tertiary/aromatic N) is 2. The van der Waals surface area contributed by atoms with Crippen LogP contribution in [0.5, 0.6) is 0 Å². The Morgan fingerprint density at radius 2 is 0.756 bits per heavy atom. The predicted octanol–water partition coefficient (Wildman–Crippen LogP) is 25.6. The van der Waals surface area contributed by atoms with E-state index in [1.54, 1.807) is 11.1 Å². The molecule has 0 spiro atoms. The first-order chi connectivity index (χ1) is 44.1. The Kier molecular flexibility index (Phi) is 16.4. The molecule has 0 unspecified atom stereocenters. The van der Waals surface area contributed by atoms with Gasteiger partial charge in [-0.25, -0.2) is 0 Å². The Bertz CT molecular complexity index is 4530. The molecule has 0 amide bonds. The van der Waals surface area contributed by atoms with Crippen LogP contribution in [0.25, 0.3) is 94.3 Å². The third-order valence-electron chi connectivity index (χ3n) is 20.5. The summed E-state index contributed by atoms with van der Waals surface area (Å²) in [5.74, 6) is 0. The molecule has 0 saturated heterocycles. The van der Waals surface area contributed by atoms with Gasteiger partial charge >= 0.3 is 0 Å². The molecule has 0 atom stereocenters. The molecule has 2 heteroatoms. The van der Waals surface area contributed by atoms with E-state index in [2.05, 4.69) is 294 Å². The van der Waals surface area contributed by atoms with E-state index in [0.717, 1.165) is 22.7 Å². The van der Waals surface area contributed by atoms with Crippen LogP contribution in [0.2, 0.25) is 0 Å². The second-order valence-electron chi connectivity index (χ2n) is 26.8. The molecule has 0 fully saturated rings. The van der Waals surface area contributed by atoms with Gasteiger partial charge in [0, 0.05) is 44.4 Å². The summed E-state index contributed by atoms with van der Waals surface area (Å²) in [6.45, 7) is 13.8. The van der Waals surface area contributed by atoms with E-state index in [-0.39, 0.29) is 10.8 Å². The summed E-state index contributed by atoms with van der Waals surface area (Å²) < 4.78 is 2.45. The summed E-state index contributed by atoms with van der Waals surface area (Å²) in [5.41, 5.74) is 31.0. The molecule has 12 aromatic rings. The van der Waals surface area contributed by atoms with Crippen molar-refractivity contribution in [1.29, 1.82) is 0 Å². The summed E-state index contributed by atoms with van der Waals surface area (Å²) in [6, 6.07) is 92.4. The molecule has 1 aromatic heterocycles. The minimum Gasteiger partial charge on any atom is -0.311 e. The number of para-hydroxylation sites is 1. The number of hydrogen-bond donors (Lipinski definition) is 0. The van der Waals surface area contributed by atoms with Gasteiger partial charge in [0.25, 0.3) is 0 Å². The summed E-state index contributed by atoms with van der Waals surface area (Å²) >= 11 is 0. The third-order valence-corrected chi connectivity index (χ3v) is 20.5. The second kappa shape index (κ2) is 25.1. The Labute approximate surface area is 536 Å². The largest absolute Gasteiger partial charge is 0.311 e. The summed E-state index contributed by atoms with van der Waals surface area (Å²) in [5, 5.41) is 2.49. The van der Waals surface area contributed by atoms with Crippen molar-refractivity contribution in [3.63, 3.8) is 0 Å². The fourth-order valence-electron chi connectivity index (χ4n) is 15.6. The Morgan fingerprint density at radius 1 is 0.311 bits per heavy atom. The van der Waals surface area contributed by atoms with E-state index < -0.39 is 0 Å². The Hall–Kier alpha value is -8.98. The molecule has 448 valence electrons. The minimum absolute atomic E-state index is 0.0417. The van der Waals surface area contributed by atoms with Crippen LogP contribution in [0.15, 0.2) is 243 Å². The van der Waals surface area contributed by atoms with Crippen LogP contribution in [-0.4, -0.2) is 4.57 Å².